The second-order valence-corrected chi connectivity index (χ2v) is 5.04. The fraction of sp³-hybridized carbons (Fsp3) is 0.0714. The third-order valence-corrected chi connectivity index (χ3v) is 3.22. The van der Waals surface area contributed by atoms with Crippen LogP contribution < -0.4 is 11.1 Å². The van der Waals surface area contributed by atoms with Gasteiger partial charge in [0.05, 0.1) is 5.69 Å². The molecule has 0 aliphatic rings. The molecule has 104 valence electrons. The molecule has 0 bridgehead atoms. The summed E-state index contributed by atoms with van der Waals surface area (Å²) < 4.78 is 28.0. The molecule has 1 amide bonds. The van der Waals surface area contributed by atoms with Crippen molar-refractivity contribution >= 4 is 27.5 Å². The minimum absolute atomic E-state index is 0.0592. The Morgan fingerprint density at radius 1 is 1.15 bits per heavy atom. The number of amides is 1. The Bertz CT molecular complexity index is 649. The summed E-state index contributed by atoms with van der Waals surface area (Å²) in [5.74, 6) is -1.95. The van der Waals surface area contributed by atoms with Crippen LogP contribution in [0.1, 0.15) is 11.6 Å². The first-order chi connectivity index (χ1) is 9.49. The Balaban J connectivity index is 2.37. The fourth-order valence-corrected chi connectivity index (χ4v) is 2.10. The minimum Gasteiger partial charge on any atom is -0.368 e. The highest BCUT2D eigenvalue weighted by Crippen LogP contribution is 2.25. The normalized spacial score (nSPS) is 11.9. The molecular weight excluding hydrogens is 330 g/mol. The summed E-state index contributed by atoms with van der Waals surface area (Å²) in [6.07, 6.45) is 0. The number of hydrogen-bond donors (Lipinski definition) is 2. The molecular formula is C14H11BrF2N2O. The smallest absolute Gasteiger partial charge is 0.244 e. The molecule has 0 aromatic heterocycles. The molecule has 20 heavy (non-hydrogen) atoms. The fourth-order valence-electron chi connectivity index (χ4n) is 1.77. The van der Waals surface area contributed by atoms with Crippen LogP contribution >= 0.6 is 15.9 Å². The maximum Gasteiger partial charge on any atom is 0.244 e. The molecule has 3 N–H and O–H groups in total. The van der Waals surface area contributed by atoms with E-state index in [9.17, 15) is 13.6 Å². The number of nitrogens with one attached hydrogen (secondary N) is 1. The van der Waals surface area contributed by atoms with Crippen molar-refractivity contribution < 1.29 is 13.6 Å². The minimum atomic E-state index is -1.15. The number of carbonyl (C=O) groups excluding carboxylic acids is 1. The zero-order chi connectivity index (χ0) is 14.7. The molecule has 0 spiro atoms. The maximum absolute atomic E-state index is 13.9. The number of benzene rings is 2. The number of nitrogens with two attached hydrogens (primary N) is 1. The number of hydrogen-bond acceptors (Lipinski definition) is 2. The largest absolute Gasteiger partial charge is 0.368 e. The highest BCUT2D eigenvalue weighted by molar-refractivity contribution is 9.10. The van der Waals surface area contributed by atoms with Crippen LogP contribution in [-0.2, 0) is 4.79 Å². The van der Waals surface area contributed by atoms with Gasteiger partial charge in [-0.3, -0.25) is 4.79 Å². The lowest BCUT2D eigenvalue weighted by Gasteiger charge is -2.18. The standard InChI is InChI=1S/C14H11BrF2N2O/c15-8-5-6-9(11(17)7-8)13(14(18)20)19-12-4-2-1-3-10(12)16/h1-7,13,19H,(H2,18,20). The molecule has 0 heterocycles. The molecule has 1 atom stereocenters. The molecule has 3 nitrogen and oxygen atoms in total. The second kappa shape index (κ2) is 6.00. The number of primary amides is 1. The van der Waals surface area contributed by atoms with E-state index >= 15 is 0 Å². The number of para-hydroxylation sites is 1. The van der Waals surface area contributed by atoms with Crippen LogP contribution in [0.2, 0.25) is 0 Å². The van der Waals surface area contributed by atoms with E-state index < -0.39 is 23.6 Å². The van der Waals surface area contributed by atoms with E-state index in [1.54, 1.807) is 12.1 Å². The second-order valence-electron chi connectivity index (χ2n) is 4.13. The van der Waals surface area contributed by atoms with Crippen LogP contribution in [0.5, 0.6) is 0 Å². The molecule has 0 fully saturated rings. The summed E-state index contributed by atoms with van der Waals surface area (Å²) in [7, 11) is 0. The van der Waals surface area contributed by atoms with Crippen LogP contribution in [-0.4, -0.2) is 5.91 Å². The van der Waals surface area contributed by atoms with Crippen molar-refractivity contribution in [3.63, 3.8) is 0 Å². The van der Waals surface area contributed by atoms with Gasteiger partial charge in [0.25, 0.3) is 0 Å². The van der Waals surface area contributed by atoms with Crippen LogP contribution in [0.25, 0.3) is 0 Å². The topological polar surface area (TPSA) is 55.1 Å². The van der Waals surface area contributed by atoms with Crippen LogP contribution in [0.4, 0.5) is 14.5 Å². The number of halogens is 3. The third kappa shape index (κ3) is 3.14. The zero-order valence-corrected chi connectivity index (χ0v) is 11.8. The predicted molar refractivity (Wildman–Crippen MR) is 76.1 cm³/mol. The van der Waals surface area contributed by atoms with E-state index in [4.69, 9.17) is 5.73 Å². The Morgan fingerprint density at radius 3 is 2.45 bits per heavy atom. The quantitative estimate of drug-likeness (QED) is 0.896. The molecule has 0 aliphatic carbocycles. The molecule has 0 saturated carbocycles. The van der Waals surface area contributed by atoms with Crippen molar-refractivity contribution in [2.75, 3.05) is 5.32 Å². The molecule has 0 aliphatic heterocycles. The van der Waals surface area contributed by atoms with Crippen LogP contribution in [0.15, 0.2) is 46.9 Å². The van der Waals surface area contributed by atoms with Crippen molar-refractivity contribution in [1.82, 2.24) is 0 Å². The molecule has 2 aromatic carbocycles. The van der Waals surface area contributed by atoms with Crippen LogP contribution in [0, 0.1) is 11.6 Å². The summed E-state index contributed by atoms with van der Waals surface area (Å²) >= 11 is 3.12. The first-order valence-corrected chi connectivity index (χ1v) is 6.53. The Hall–Kier alpha value is -1.95. The van der Waals surface area contributed by atoms with E-state index in [0.717, 1.165) is 0 Å². The van der Waals surface area contributed by atoms with Gasteiger partial charge in [-0.25, -0.2) is 8.78 Å². The van der Waals surface area contributed by atoms with Crippen molar-refractivity contribution in [3.05, 3.63) is 64.1 Å². The molecule has 0 radical (unpaired) electrons. The summed E-state index contributed by atoms with van der Waals surface area (Å²) in [4.78, 5) is 11.5. The lowest BCUT2D eigenvalue weighted by molar-refractivity contribution is -0.118. The molecule has 2 aromatic rings. The van der Waals surface area contributed by atoms with Crippen molar-refractivity contribution in [1.29, 1.82) is 0 Å². The molecule has 0 saturated heterocycles. The van der Waals surface area contributed by atoms with E-state index in [2.05, 4.69) is 21.2 Å². The lowest BCUT2D eigenvalue weighted by Crippen LogP contribution is -2.28. The highest BCUT2D eigenvalue weighted by atomic mass is 79.9. The predicted octanol–water partition coefficient (Wildman–Crippen LogP) is 3.37. The van der Waals surface area contributed by atoms with Gasteiger partial charge < -0.3 is 11.1 Å². The molecule has 6 heteroatoms. The van der Waals surface area contributed by atoms with Gasteiger partial charge in [0, 0.05) is 10.0 Å². The van der Waals surface area contributed by atoms with Gasteiger partial charge in [-0.05, 0) is 24.3 Å². The summed E-state index contributed by atoms with van der Waals surface area (Å²) in [6.45, 7) is 0. The number of anilines is 1. The van der Waals surface area contributed by atoms with E-state index in [0.29, 0.717) is 4.47 Å². The Morgan fingerprint density at radius 2 is 1.85 bits per heavy atom. The van der Waals surface area contributed by atoms with E-state index in [1.807, 2.05) is 0 Å². The van der Waals surface area contributed by atoms with Gasteiger partial charge >= 0.3 is 0 Å². The van der Waals surface area contributed by atoms with Crippen molar-refractivity contribution in [3.8, 4) is 0 Å². The van der Waals surface area contributed by atoms with Gasteiger partial charge in [-0.15, -0.1) is 0 Å². The first kappa shape index (κ1) is 14.5. The summed E-state index contributed by atoms with van der Waals surface area (Å²) in [6, 6.07) is 8.86. The number of rotatable bonds is 4. The maximum atomic E-state index is 13.9. The summed E-state index contributed by atoms with van der Waals surface area (Å²) in [5.41, 5.74) is 5.41. The Labute approximate surface area is 122 Å². The van der Waals surface area contributed by atoms with Crippen molar-refractivity contribution in [2.24, 2.45) is 5.73 Å². The van der Waals surface area contributed by atoms with Crippen LogP contribution in [0.3, 0.4) is 0 Å². The Kier molecular flexibility index (Phi) is 4.34. The van der Waals surface area contributed by atoms with Gasteiger partial charge in [0.15, 0.2) is 0 Å². The average Bonchev–Trinajstić information content (AvgIpc) is 2.38. The van der Waals surface area contributed by atoms with E-state index in [1.165, 1.54) is 30.3 Å². The zero-order valence-electron chi connectivity index (χ0n) is 10.2. The SMILES string of the molecule is NC(=O)C(Nc1ccccc1F)c1ccc(Br)cc1F. The average molecular weight is 341 g/mol. The van der Waals surface area contributed by atoms with Gasteiger partial charge in [0.1, 0.15) is 17.7 Å². The lowest BCUT2D eigenvalue weighted by atomic mass is 10.1. The number of carbonyl (C=O) groups is 1. The van der Waals surface area contributed by atoms with Crippen molar-refractivity contribution in [2.45, 2.75) is 6.04 Å². The van der Waals surface area contributed by atoms with Gasteiger partial charge in [-0.1, -0.05) is 34.1 Å². The first-order valence-electron chi connectivity index (χ1n) is 5.74. The molecule has 2 rings (SSSR count). The monoisotopic (exact) mass is 340 g/mol. The molecule has 1 unspecified atom stereocenters. The third-order valence-electron chi connectivity index (χ3n) is 2.73. The summed E-state index contributed by atoms with van der Waals surface area (Å²) in [5, 5.41) is 2.62. The van der Waals surface area contributed by atoms with Gasteiger partial charge in [-0.2, -0.15) is 0 Å². The van der Waals surface area contributed by atoms with E-state index in [-0.39, 0.29) is 11.3 Å². The van der Waals surface area contributed by atoms with Gasteiger partial charge in [0.2, 0.25) is 5.91 Å². The highest BCUT2D eigenvalue weighted by Gasteiger charge is 2.22.